The molecule has 0 saturated heterocycles. The summed E-state index contributed by atoms with van der Waals surface area (Å²) in [6.45, 7) is 0.111. The van der Waals surface area contributed by atoms with Gasteiger partial charge in [-0.05, 0) is 23.3 Å². The summed E-state index contributed by atoms with van der Waals surface area (Å²) in [5, 5.41) is 2.63. The van der Waals surface area contributed by atoms with E-state index in [0.717, 1.165) is 11.6 Å². The molecule has 0 heterocycles. The first-order chi connectivity index (χ1) is 9.13. The van der Waals surface area contributed by atoms with Crippen molar-refractivity contribution in [2.75, 3.05) is 0 Å². The van der Waals surface area contributed by atoms with Crippen LogP contribution in [0.15, 0.2) is 48.5 Å². The molecule has 1 amide bonds. The van der Waals surface area contributed by atoms with Crippen molar-refractivity contribution >= 4 is 5.91 Å². The Morgan fingerprint density at radius 2 is 1.58 bits per heavy atom. The van der Waals surface area contributed by atoms with E-state index in [2.05, 4.69) is 5.32 Å². The Kier molecular flexibility index (Phi) is 4.23. The molecule has 19 heavy (non-hydrogen) atoms. The van der Waals surface area contributed by atoms with Crippen molar-refractivity contribution in [2.45, 2.75) is 13.0 Å². The van der Waals surface area contributed by atoms with Gasteiger partial charge in [-0.25, -0.2) is 8.78 Å². The number of amides is 1. The van der Waals surface area contributed by atoms with Crippen molar-refractivity contribution in [3.63, 3.8) is 0 Å². The quantitative estimate of drug-likeness (QED) is 0.901. The lowest BCUT2D eigenvalue weighted by Crippen LogP contribution is -2.24. The minimum Gasteiger partial charge on any atom is -0.352 e. The van der Waals surface area contributed by atoms with Crippen molar-refractivity contribution in [2.24, 2.45) is 0 Å². The Morgan fingerprint density at radius 1 is 0.947 bits per heavy atom. The minimum absolute atomic E-state index is 0.111. The van der Waals surface area contributed by atoms with Crippen LogP contribution in [0, 0.1) is 11.6 Å². The standard InChI is InChI=1S/C15H13F2NO/c16-13-6-12(7-14(17)9-13)10-18-15(19)8-11-4-2-1-3-5-11/h1-7,9H,8,10H2,(H,18,19). The van der Waals surface area contributed by atoms with Crippen LogP contribution in [0.25, 0.3) is 0 Å². The number of hydrogen-bond acceptors (Lipinski definition) is 1. The molecule has 0 saturated carbocycles. The average Bonchev–Trinajstić information content (AvgIpc) is 2.36. The van der Waals surface area contributed by atoms with Gasteiger partial charge < -0.3 is 5.32 Å². The Labute approximate surface area is 110 Å². The highest BCUT2D eigenvalue weighted by atomic mass is 19.1. The van der Waals surface area contributed by atoms with Gasteiger partial charge in [0, 0.05) is 12.6 Å². The van der Waals surface area contributed by atoms with Gasteiger partial charge in [0.15, 0.2) is 0 Å². The third-order valence-corrected chi connectivity index (χ3v) is 2.62. The molecule has 0 aliphatic heterocycles. The second-order valence-corrected chi connectivity index (χ2v) is 4.22. The van der Waals surface area contributed by atoms with E-state index < -0.39 is 11.6 Å². The van der Waals surface area contributed by atoms with Crippen LogP contribution in [-0.4, -0.2) is 5.91 Å². The lowest BCUT2D eigenvalue weighted by atomic mass is 10.1. The Balaban J connectivity index is 1.90. The maximum atomic E-state index is 12.9. The molecule has 0 aliphatic carbocycles. The van der Waals surface area contributed by atoms with Gasteiger partial charge in [-0.15, -0.1) is 0 Å². The third-order valence-electron chi connectivity index (χ3n) is 2.62. The van der Waals surface area contributed by atoms with Gasteiger partial charge in [-0.1, -0.05) is 30.3 Å². The van der Waals surface area contributed by atoms with E-state index in [1.165, 1.54) is 12.1 Å². The molecule has 0 radical (unpaired) electrons. The van der Waals surface area contributed by atoms with Crippen LogP contribution >= 0.6 is 0 Å². The van der Waals surface area contributed by atoms with Crippen LogP contribution in [0.5, 0.6) is 0 Å². The van der Waals surface area contributed by atoms with Gasteiger partial charge in [-0.3, -0.25) is 4.79 Å². The molecular formula is C15H13F2NO. The van der Waals surface area contributed by atoms with Crippen LogP contribution in [0.4, 0.5) is 8.78 Å². The zero-order valence-electron chi connectivity index (χ0n) is 10.2. The second-order valence-electron chi connectivity index (χ2n) is 4.22. The van der Waals surface area contributed by atoms with E-state index in [-0.39, 0.29) is 18.9 Å². The van der Waals surface area contributed by atoms with Gasteiger partial charge in [0.1, 0.15) is 11.6 Å². The molecule has 2 aromatic carbocycles. The number of hydrogen-bond donors (Lipinski definition) is 1. The first kappa shape index (κ1) is 13.2. The molecule has 0 aromatic heterocycles. The smallest absolute Gasteiger partial charge is 0.224 e. The molecule has 0 unspecified atom stereocenters. The van der Waals surface area contributed by atoms with Crippen molar-refractivity contribution < 1.29 is 13.6 Å². The number of rotatable bonds is 4. The Bertz CT molecular complexity index is 549. The summed E-state index contributed by atoms with van der Waals surface area (Å²) in [7, 11) is 0. The van der Waals surface area contributed by atoms with Gasteiger partial charge in [0.25, 0.3) is 0 Å². The van der Waals surface area contributed by atoms with E-state index in [1.807, 2.05) is 30.3 Å². The fraction of sp³-hybridized carbons (Fsp3) is 0.133. The Hall–Kier alpha value is -2.23. The van der Waals surface area contributed by atoms with Crippen LogP contribution in [0.3, 0.4) is 0 Å². The highest BCUT2D eigenvalue weighted by molar-refractivity contribution is 5.78. The van der Waals surface area contributed by atoms with Gasteiger partial charge >= 0.3 is 0 Å². The number of carbonyl (C=O) groups is 1. The zero-order chi connectivity index (χ0) is 13.7. The van der Waals surface area contributed by atoms with Crippen molar-refractivity contribution in [3.05, 3.63) is 71.3 Å². The predicted molar refractivity (Wildman–Crippen MR) is 68.4 cm³/mol. The molecule has 2 rings (SSSR count). The minimum atomic E-state index is -0.646. The molecule has 2 aromatic rings. The SMILES string of the molecule is O=C(Cc1ccccc1)NCc1cc(F)cc(F)c1. The lowest BCUT2D eigenvalue weighted by Gasteiger charge is -2.06. The molecule has 0 bridgehead atoms. The summed E-state index contributed by atoms with van der Waals surface area (Å²) in [4.78, 5) is 11.7. The monoisotopic (exact) mass is 261 g/mol. The van der Waals surface area contributed by atoms with Crippen molar-refractivity contribution in [3.8, 4) is 0 Å². The maximum absolute atomic E-state index is 12.9. The van der Waals surface area contributed by atoms with Gasteiger partial charge in [-0.2, -0.15) is 0 Å². The van der Waals surface area contributed by atoms with E-state index >= 15 is 0 Å². The van der Waals surface area contributed by atoms with E-state index in [9.17, 15) is 13.6 Å². The third kappa shape index (κ3) is 4.17. The first-order valence-electron chi connectivity index (χ1n) is 5.89. The molecule has 0 atom stereocenters. The largest absolute Gasteiger partial charge is 0.352 e. The van der Waals surface area contributed by atoms with E-state index in [0.29, 0.717) is 5.56 Å². The van der Waals surface area contributed by atoms with E-state index in [4.69, 9.17) is 0 Å². The summed E-state index contributed by atoms with van der Waals surface area (Å²) in [5.74, 6) is -1.48. The van der Waals surface area contributed by atoms with Gasteiger partial charge in [0.05, 0.1) is 6.42 Å². The van der Waals surface area contributed by atoms with Gasteiger partial charge in [0.2, 0.25) is 5.91 Å². The molecule has 2 nitrogen and oxygen atoms in total. The molecule has 1 N–H and O–H groups in total. The normalized spacial score (nSPS) is 10.2. The lowest BCUT2D eigenvalue weighted by molar-refractivity contribution is -0.120. The molecular weight excluding hydrogens is 248 g/mol. The van der Waals surface area contributed by atoms with Crippen molar-refractivity contribution in [1.29, 1.82) is 0 Å². The molecule has 0 aliphatic rings. The van der Waals surface area contributed by atoms with Crippen LogP contribution in [0.1, 0.15) is 11.1 Å². The highest BCUT2D eigenvalue weighted by Gasteiger charge is 2.05. The van der Waals surface area contributed by atoms with Crippen LogP contribution < -0.4 is 5.32 Å². The number of benzene rings is 2. The summed E-state index contributed by atoms with van der Waals surface area (Å²) in [6, 6.07) is 12.5. The molecule has 98 valence electrons. The van der Waals surface area contributed by atoms with Crippen LogP contribution in [0.2, 0.25) is 0 Å². The highest BCUT2D eigenvalue weighted by Crippen LogP contribution is 2.07. The summed E-state index contributed by atoms with van der Waals surface area (Å²) >= 11 is 0. The number of halogens is 2. The first-order valence-corrected chi connectivity index (χ1v) is 5.89. The number of carbonyl (C=O) groups excluding carboxylic acids is 1. The Morgan fingerprint density at radius 3 is 2.21 bits per heavy atom. The predicted octanol–water partition coefficient (Wildman–Crippen LogP) is 2.82. The topological polar surface area (TPSA) is 29.1 Å². The fourth-order valence-electron chi connectivity index (χ4n) is 1.76. The fourth-order valence-corrected chi connectivity index (χ4v) is 1.76. The molecule has 0 spiro atoms. The summed E-state index contributed by atoms with van der Waals surface area (Å²) in [5.41, 5.74) is 1.30. The summed E-state index contributed by atoms with van der Waals surface area (Å²) in [6.07, 6.45) is 0.249. The average molecular weight is 261 g/mol. The second kappa shape index (κ2) is 6.09. The molecule has 4 heteroatoms. The number of nitrogens with one attached hydrogen (secondary N) is 1. The van der Waals surface area contributed by atoms with Crippen LogP contribution in [-0.2, 0) is 17.8 Å². The molecule has 0 fully saturated rings. The zero-order valence-corrected chi connectivity index (χ0v) is 10.2. The summed E-state index contributed by atoms with van der Waals surface area (Å²) < 4.78 is 25.9. The maximum Gasteiger partial charge on any atom is 0.224 e. The van der Waals surface area contributed by atoms with E-state index in [1.54, 1.807) is 0 Å². The van der Waals surface area contributed by atoms with Crippen molar-refractivity contribution in [1.82, 2.24) is 5.32 Å².